The standard InChI is InChI=1S/C14H18N2O3/c1-3-17-13-6-5-10(7-14(13)18-4-2)12-8-11(9-15)19-16-12/h5-8H,3-4,9,15H2,1-2H3. The van der Waals surface area contributed by atoms with Gasteiger partial charge in [-0.2, -0.15) is 0 Å². The molecule has 0 aliphatic heterocycles. The molecule has 2 aromatic rings. The summed E-state index contributed by atoms with van der Waals surface area (Å²) in [7, 11) is 0. The van der Waals surface area contributed by atoms with Crippen LogP contribution in [-0.2, 0) is 6.54 Å². The fraction of sp³-hybridized carbons (Fsp3) is 0.357. The van der Waals surface area contributed by atoms with E-state index in [1.54, 1.807) is 0 Å². The van der Waals surface area contributed by atoms with Crippen molar-refractivity contribution in [3.63, 3.8) is 0 Å². The molecule has 0 spiro atoms. The Morgan fingerprint density at radius 3 is 2.47 bits per heavy atom. The number of ether oxygens (including phenoxy) is 2. The minimum absolute atomic E-state index is 0.336. The van der Waals surface area contributed by atoms with Gasteiger partial charge in [0.15, 0.2) is 17.3 Å². The van der Waals surface area contributed by atoms with E-state index < -0.39 is 0 Å². The van der Waals surface area contributed by atoms with Crippen molar-refractivity contribution < 1.29 is 14.0 Å². The molecule has 0 amide bonds. The van der Waals surface area contributed by atoms with Crippen LogP contribution >= 0.6 is 0 Å². The van der Waals surface area contributed by atoms with Gasteiger partial charge in [-0.25, -0.2) is 0 Å². The van der Waals surface area contributed by atoms with Crippen LogP contribution in [0.15, 0.2) is 28.8 Å². The molecule has 0 bridgehead atoms. The molecule has 0 saturated carbocycles. The second-order valence-electron chi connectivity index (χ2n) is 3.91. The van der Waals surface area contributed by atoms with Crippen molar-refractivity contribution >= 4 is 0 Å². The third-order valence-corrected chi connectivity index (χ3v) is 2.60. The predicted molar refractivity (Wildman–Crippen MR) is 72.2 cm³/mol. The van der Waals surface area contributed by atoms with Crippen molar-refractivity contribution in [2.45, 2.75) is 20.4 Å². The van der Waals surface area contributed by atoms with Gasteiger partial charge in [-0.05, 0) is 32.0 Å². The Bertz CT molecular complexity index is 537. The molecule has 19 heavy (non-hydrogen) atoms. The molecule has 0 unspecified atom stereocenters. The number of nitrogens with zero attached hydrogens (tertiary/aromatic N) is 1. The number of hydrogen-bond acceptors (Lipinski definition) is 5. The maximum Gasteiger partial charge on any atom is 0.161 e. The second kappa shape index (κ2) is 6.24. The van der Waals surface area contributed by atoms with Gasteiger partial charge in [-0.15, -0.1) is 0 Å². The van der Waals surface area contributed by atoms with Crippen molar-refractivity contribution in [1.82, 2.24) is 5.16 Å². The predicted octanol–water partition coefficient (Wildman–Crippen LogP) is 2.60. The molecule has 102 valence electrons. The van der Waals surface area contributed by atoms with Crippen LogP contribution in [0, 0.1) is 0 Å². The van der Waals surface area contributed by atoms with Crippen molar-refractivity contribution in [2.24, 2.45) is 5.73 Å². The lowest BCUT2D eigenvalue weighted by atomic mass is 10.1. The maximum absolute atomic E-state index is 5.58. The van der Waals surface area contributed by atoms with Gasteiger partial charge in [-0.1, -0.05) is 5.16 Å². The van der Waals surface area contributed by atoms with Crippen LogP contribution in [-0.4, -0.2) is 18.4 Å². The van der Waals surface area contributed by atoms with Crippen molar-refractivity contribution in [2.75, 3.05) is 13.2 Å². The smallest absolute Gasteiger partial charge is 0.161 e. The summed E-state index contributed by atoms with van der Waals surface area (Å²) in [6, 6.07) is 7.52. The van der Waals surface area contributed by atoms with Gasteiger partial charge in [0, 0.05) is 11.6 Å². The highest BCUT2D eigenvalue weighted by molar-refractivity contribution is 5.63. The molecule has 0 fully saturated rings. The van der Waals surface area contributed by atoms with Crippen LogP contribution in [0.3, 0.4) is 0 Å². The molecule has 2 N–H and O–H groups in total. The lowest BCUT2D eigenvalue weighted by Crippen LogP contribution is -1.98. The van der Waals surface area contributed by atoms with E-state index in [-0.39, 0.29) is 0 Å². The summed E-state index contributed by atoms with van der Waals surface area (Å²) >= 11 is 0. The Morgan fingerprint density at radius 2 is 1.84 bits per heavy atom. The van der Waals surface area contributed by atoms with Gasteiger partial charge in [0.2, 0.25) is 0 Å². The molecule has 2 rings (SSSR count). The van der Waals surface area contributed by atoms with Gasteiger partial charge in [-0.3, -0.25) is 0 Å². The molecule has 5 nitrogen and oxygen atoms in total. The number of benzene rings is 1. The van der Waals surface area contributed by atoms with Crippen LogP contribution in [0.1, 0.15) is 19.6 Å². The average Bonchev–Trinajstić information content (AvgIpc) is 2.90. The number of hydrogen-bond donors (Lipinski definition) is 1. The minimum atomic E-state index is 0.336. The van der Waals surface area contributed by atoms with Gasteiger partial charge < -0.3 is 19.7 Å². The molecular weight excluding hydrogens is 244 g/mol. The summed E-state index contributed by atoms with van der Waals surface area (Å²) in [6.07, 6.45) is 0. The summed E-state index contributed by atoms with van der Waals surface area (Å²) in [4.78, 5) is 0. The average molecular weight is 262 g/mol. The lowest BCUT2D eigenvalue weighted by molar-refractivity contribution is 0.288. The largest absolute Gasteiger partial charge is 0.490 e. The maximum atomic E-state index is 5.58. The molecule has 0 aliphatic rings. The highest BCUT2D eigenvalue weighted by atomic mass is 16.5. The monoisotopic (exact) mass is 262 g/mol. The SMILES string of the molecule is CCOc1ccc(-c2cc(CN)on2)cc1OCC. The third kappa shape index (κ3) is 3.06. The van der Waals surface area contributed by atoms with Gasteiger partial charge in [0.1, 0.15) is 5.69 Å². The van der Waals surface area contributed by atoms with Gasteiger partial charge >= 0.3 is 0 Å². The molecule has 0 atom stereocenters. The number of rotatable bonds is 6. The van der Waals surface area contributed by atoms with Crippen molar-refractivity contribution in [3.8, 4) is 22.8 Å². The highest BCUT2D eigenvalue weighted by Crippen LogP contribution is 2.32. The van der Waals surface area contributed by atoms with E-state index in [4.69, 9.17) is 19.7 Å². The van der Waals surface area contributed by atoms with Crippen LogP contribution in [0.2, 0.25) is 0 Å². The first-order valence-corrected chi connectivity index (χ1v) is 6.34. The summed E-state index contributed by atoms with van der Waals surface area (Å²) < 4.78 is 16.2. The van der Waals surface area contributed by atoms with Crippen LogP contribution < -0.4 is 15.2 Å². The van der Waals surface area contributed by atoms with Crippen LogP contribution in [0.5, 0.6) is 11.5 Å². The third-order valence-electron chi connectivity index (χ3n) is 2.60. The minimum Gasteiger partial charge on any atom is -0.490 e. The fourth-order valence-electron chi connectivity index (χ4n) is 1.76. The zero-order chi connectivity index (χ0) is 13.7. The number of nitrogens with two attached hydrogens (primary N) is 1. The molecule has 1 aromatic carbocycles. The first kappa shape index (κ1) is 13.4. The molecule has 5 heteroatoms. The first-order valence-electron chi connectivity index (χ1n) is 6.34. The second-order valence-corrected chi connectivity index (χ2v) is 3.91. The lowest BCUT2D eigenvalue weighted by Gasteiger charge is -2.11. The van der Waals surface area contributed by atoms with E-state index in [2.05, 4.69) is 5.16 Å². The molecule has 1 heterocycles. The van der Waals surface area contributed by atoms with E-state index in [1.807, 2.05) is 38.1 Å². The zero-order valence-corrected chi connectivity index (χ0v) is 11.2. The summed E-state index contributed by atoms with van der Waals surface area (Å²) in [5, 5.41) is 3.98. The Hall–Kier alpha value is -2.01. The first-order chi connectivity index (χ1) is 9.28. The molecule has 1 aromatic heterocycles. The van der Waals surface area contributed by atoms with E-state index in [0.717, 1.165) is 17.0 Å². The highest BCUT2D eigenvalue weighted by Gasteiger charge is 2.10. The van der Waals surface area contributed by atoms with E-state index in [9.17, 15) is 0 Å². The Balaban J connectivity index is 2.33. The topological polar surface area (TPSA) is 70.5 Å². The molecule has 0 aliphatic carbocycles. The molecule has 0 radical (unpaired) electrons. The van der Waals surface area contributed by atoms with E-state index >= 15 is 0 Å². The van der Waals surface area contributed by atoms with Crippen molar-refractivity contribution in [1.29, 1.82) is 0 Å². The summed E-state index contributed by atoms with van der Waals surface area (Å²) in [6.45, 7) is 5.39. The summed E-state index contributed by atoms with van der Waals surface area (Å²) in [5.41, 5.74) is 7.16. The zero-order valence-electron chi connectivity index (χ0n) is 11.2. The molecule has 0 saturated heterocycles. The number of aromatic nitrogens is 1. The Labute approximate surface area is 112 Å². The summed E-state index contributed by atoms with van der Waals surface area (Å²) in [5.74, 6) is 2.09. The van der Waals surface area contributed by atoms with Crippen LogP contribution in [0.4, 0.5) is 0 Å². The van der Waals surface area contributed by atoms with Crippen LogP contribution in [0.25, 0.3) is 11.3 Å². The van der Waals surface area contributed by atoms with E-state index in [1.165, 1.54) is 0 Å². The Morgan fingerprint density at radius 1 is 1.11 bits per heavy atom. The van der Waals surface area contributed by atoms with Gasteiger partial charge in [0.05, 0.1) is 19.8 Å². The fourth-order valence-corrected chi connectivity index (χ4v) is 1.76. The normalized spacial score (nSPS) is 10.5. The van der Waals surface area contributed by atoms with Crippen molar-refractivity contribution in [3.05, 3.63) is 30.0 Å². The molecular formula is C14H18N2O3. The van der Waals surface area contributed by atoms with E-state index in [0.29, 0.717) is 31.3 Å². The Kier molecular flexibility index (Phi) is 4.41. The van der Waals surface area contributed by atoms with Gasteiger partial charge in [0.25, 0.3) is 0 Å². The quantitative estimate of drug-likeness (QED) is 0.866.